The summed E-state index contributed by atoms with van der Waals surface area (Å²) in [4.78, 5) is 1.33. The Bertz CT molecular complexity index is 324. The Kier molecular flexibility index (Phi) is 3.57. The molecule has 0 saturated heterocycles. The lowest BCUT2D eigenvalue weighted by molar-refractivity contribution is 0.394. The van der Waals surface area contributed by atoms with Crippen molar-refractivity contribution in [2.45, 2.75) is 42.8 Å². The Balaban J connectivity index is 1.96. The number of benzene rings is 1. The minimum absolute atomic E-state index is 0.801. The Hall–Kier alpha value is -0.630. The first kappa shape index (κ1) is 10.9. The SMILES string of the molecule is CC1CCCC(Sc2cccc(N)c2)C1. The lowest BCUT2D eigenvalue weighted by Crippen LogP contribution is -2.14. The molecule has 1 aliphatic carbocycles. The van der Waals surface area contributed by atoms with Crippen LogP contribution < -0.4 is 5.73 Å². The van der Waals surface area contributed by atoms with Crippen LogP contribution >= 0.6 is 11.8 Å². The Morgan fingerprint density at radius 1 is 1.33 bits per heavy atom. The Morgan fingerprint density at radius 2 is 2.20 bits per heavy atom. The van der Waals surface area contributed by atoms with Crippen molar-refractivity contribution in [3.05, 3.63) is 24.3 Å². The zero-order chi connectivity index (χ0) is 10.7. The molecule has 0 heterocycles. The zero-order valence-electron chi connectivity index (χ0n) is 9.28. The molecule has 1 aliphatic rings. The van der Waals surface area contributed by atoms with Crippen LogP contribution in [0, 0.1) is 5.92 Å². The highest BCUT2D eigenvalue weighted by molar-refractivity contribution is 8.00. The topological polar surface area (TPSA) is 26.0 Å². The van der Waals surface area contributed by atoms with Crippen LogP contribution in [0.15, 0.2) is 29.2 Å². The highest BCUT2D eigenvalue weighted by Gasteiger charge is 2.19. The predicted octanol–water partition coefficient (Wildman–Crippen LogP) is 3.94. The molecule has 0 aromatic heterocycles. The summed E-state index contributed by atoms with van der Waals surface area (Å²) in [5.41, 5.74) is 6.66. The summed E-state index contributed by atoms with van der Waals surface area (Å²) in [6, 6.07) is 8.25. The Labute approximate surface area is 96.4 Å². The molecule has 0 radical (unpaired) electrons. The lowest BCUT2D eigenvalue weighted by atomic mass is 9.91. The third-order valence-corrected chi connectivity index (χ3v) is 4.34. The van der Waals surface area contributed by atoms with Gasteiger partial charge in [-0.05, 0) is 37.0 Å². The van der Waals surface area contributed by atoms with E-state index in [1.165, 1.54) is 30.6 Å². The van der Waals surface area contributed by atoms with Gasteiger partial charge in [0, 0.05) is 15.8 Å². The van der Waals surface area contributed by atoms with Gasteiger partial charge < -0.3 is 5.73 Å². The molecule has 2 rings (SSSR count). The maximum absolute atomic E-state index is 5.78. The van der Waals surface area contributed by atoms with Gasteiger partial charge in [-0.3, -0.25) is 0 Å². The summed E-state index contributed by atoms with van der Waals surface area (Å²) < 4.78 is 0. The third-order valence-electron chi connectivity index (χ3n) is 3.05. The molecule has 1 fully saturated rings. The van der Waals surface area contributed by atoms with Crippen molar-refractivity contribution in [1.82, 2.24) is 0 Å². The van der Waals surface area contributed by atoms with Crippen LogP contribution in [0.3, 0.4) is 0 Å². The van der Waals surface area contributed by atoms with Gasteiger partial charge in [-0.1, -0.05) is 25.8 Å². The van der Waals surface area contributed by atoms with Crippen LogP contribution in [0.4, 0.5) is 5.69 Å². The van der Waals surface area contributed by atoms with Gasteiger partial charge in [0.25, 0.3) is 0 Å². The average molecular weight is 221 g/mol. The molecule has 0 amide bonds. The lowest BCUT2D eigenvalue weighted by Gasteiger charge is -2.26. The molecule has 1 nitrogen and oxygen atoms in total. The van der Waals surface area contributed by atoms with E-state index in [2.05, 4.69) is 19.1 Å². The second kappa shape index (κ2) is 4.93. The molecular weight excluding hydrogens is 202 g/mol. The van der Waals surface area contributed by atoms with E-state index in [0.717, 1.165) is 16.9 Å². The van der Waals surface area contributed by atoms with E-state index in [-0.39, 0.29) is 0 Å². The fourth-order valence-electron chi connectivity index (χ4n) is 2.27. The van der Waals surface area contributed by atoms with Crippen molar-refractivity contribution in [3.8, 4) is 0 Å². The third kappa shape index (κ3) is 3.16. The van der Waals surface area contributed by atoms with Crippen LogP contribution in [0.1, 0.15) is 32.6 Å². The van der Waals surface area contributed by atoms with E-state index in [0.29, 0.717) is 0 Å². The first-order chi connectivity index (χ1) is 7.24. The molecular formula is C13H19NS. The standard InChI is InChI=1S/C13H19NS/c1-10-4-2-6-12(8-10)15-13-7-3-5-11(14)9-13/h3,5,7,9-10,12H,2,4,6,8,14H2,1H3. The van der Waals surface area contributed by atoms with E-state index < -0.39 is 0 Å². The van der Waals surface area contributed by atoms with Crippen molar-refractivity contribution in [2.24, 2.45) is 5.92 Å². The largest absolute Gasteiger partial charge is 0.399 e. The van der Waals surface area contributed by atoms with E-state index in [4.69, 9.17) is 5.73 Å². The minimum atomic E-state index is 0.801. The van der Waals surface area contributed by atoms with Crippen molar-refractivity contribution in [3.63, 3.8) is 0 Å². The highest BCUT2D eigenvalue weighted by Crippen LogP contribution is 2.36. The van der Waals surface area contributed by atoms with Crippen LogP contribution in [-0.4, -0.2) is 5.25 Å². The molecule has 2 N–H and O–H groups in total. The van der Waals surface area contributed by atoms with Gasteiger partial charge in [-0.15, -0.1) is 11.8 Å². The normalized spacial score (nSPS) is 26.5. The van der Waals surface area contributed by atoms with Crippen LogP contribution in [0.25, 0.3) is 0 Å². The second-order valence-electron chi connectivity index (χ2n) is 4.58. The van der Waals surface area contributed by atoms with Crippen LogP contribution in [0.5, 0.6) is 0 Å². The highest BCUT2D eigenvalue weighted by atomic mass is 32.2. The maximum atomic E-state index is 5.78. The van der Waals surface area contributed by atoms with E-state index in [9.17, 15) is 0 Å². The van der Waals surface area contributed by atoms with Gasteiger partial charge in [-0.2, -0.15) is 0 Å². The fourth-order valence-corrected chi connectivity index (χ4v) is 3.72. The predicted molar refractivity (Wildman–Crippen MR) is 68.1 cm³/mol. The summed E-state index contributed by atoms with van der Waals surface area (Å²) in [6.45, 7) is 2.37. The quantitative estimate of drug-likeness (QED) is 0.765. The van der Waals surface area contributed by atoms with Crippen molar-refractivity contribution in [2.75, 3.05) is 5.73 Å². The molecule has 82 valence electrons. The number of nitrogens with two attached hydrogens (primary N) is 1. The number of hydrogen-bond acceptors (Lipinski definition) is 2. The summed E-state index contributed by atoms with van der Waals surface area (Å²) in [5.74, 6) is 0.900. The van der Waals surface area contributed by atoms with Gasteiger partial charge >= 0.3 is 0 Å². The zero-order valence-corrected chi connectivity index (χ0v) is 10.1. The molecule has 1 aromatic rings. The van der Waals surface area contributed by atoms with Crippen LogP contribution in [-0.2, 0) is 0 Å². The fraction of sp³-hybridized carbons (Fsp3) is 0.538. The molecule has 15 heavy (non-hydrogen) atoms. The molecule has 0 spiro atoms. The number of nitrogen functional groups attached to an aromatic ring is 1. The number of rotatable bonds is 2. The van der Waals surface area contributed by atoms with Gasteiger partial charge in [0.05, 0.1) is 0 Å². The first-order valence-electron chi connectivity index (χ1n) is 5.76. The van der Waals surface area contributed by atoms with Gasteiger partial charge in [0.2, 0.25) is 0 Å². The molecule has 1 aromatic carbocycles. The van der Waals surface area contributed by atoms with Gasteiger partial charge in [-0.25, -0.2) is 0 Å². The summed E-state index contributed by atoms with van der Waals surface area (Å²) in [7, 11) is 0. The van der Waals surface area contributed by atoms with Crippen molar-refractivity contribution >= 4 is 17.4 Å². The summed E-state index contributed by atoms with van der Waals surface area (Å²) in [5, 5.41) is 0.801. The minimum Gasteiger partial charge on any atom is -0.399 e. The first-order valence-corrected chi connectivity index (χ1v) is 6.64. The Morgan fingerprint density at radius 3 is 2.93 bits per heavy atom. The van der Waals surface area contributed by atoms with Gasteiger partial charge in [0.1, 0.15) is 0 Å². The molecule has 2 unspecified atom stereocenters. The molecule has 2 atom stereocenters. The molecule has 0 bridgehead atoms. The molecule has 0 aliphatic heterocycles. The maximum Gasteiger partial charge on any atom is 0.0325 e. The van der Waals surface area contributed by atoms with Crippen molar-refractivity contribution in [1.29, 1.82) is 0 Å². The van der Waals surface area contributed by atoms with E-state index in [1.54, 1.807) is 0 Å². The number of thioether (sulfide) groups is 1. The number of hydrogen-bond donors (Lipinski definition) is 1. The molecule has 1 saturated carbocycles. The second-order valence-corrected chi connectivity index (χ2v) is 5.96. The van der Waals surface area contributed by atoms with E-state index >= 15 is 0 Å². The van der Waals surface area contributed by atoms with E-state index in [1.807, 2.05) is 23.9 Å². The smallest absolute Gasteiger partial charge is 0.0325 e. The summed E-state index contributed by atoms with van der Waals surface area (Å²) in [6.07, 6.45) is 5.53. The summed E-state index contributed by atoms with van der Waals surface area (Å²) >= 11 is 2.00. The van der Waals surface area contributed by atoms with Crippen LogP contribution in [0.2, 0.25) is 0 Å². The average Bonchev–Trinajstić information content (AvgIpc) is 2.17. The number of anilines is 1. The molecule has 2 heteroatoms. The monoisotopic (exact) mass is 221 g/mol. The van der Waals surface area contributed by atoms with Crippen molar-refractivity contribution < 1.29 is 0 Å². The van der Waals surface area contributed by atoms with Gasteiger partial charge in [0.15, 0.2) is 0 Å².